The van der Waals surface area contributed by atoms with E-state index in [2.05, 4.69) is 356 Å². The van der Waals surface area contributed by atoms with Crippen molar-refractivity contribution in [3.8, 4) is 146 Å². The highest BCUT2D eigenvalue weighted by Crippen LogP contribution is 2.48. The van der Waals surface area contributed by atoms with Gasteiger partial charge in [0.2, 0.25) is 0 Å². The van der Waals surface area contributed by atoms with Crippen molar-refractivity contribution in [1.29, 1.82) is 0 Å². The van der Waals surface area contributed by atoms with Crippen LogP contribution in [0.2, 0.25) is 0 Å². The van der Waals surface area contributed by atoms with Crippen molar-refractivity contribution in [2.45, 2.75) is 0 Å². The lowest BCUT2D eigenvalue weighted by molar-refractivity contribution is 1.18. The van der Waals surface area contributed by atoms with Gasteiger partial charge in [-0.15, -0.1) is 0 Å². The van der Waals surface area contributed by atoms with Crippen LogP contribution in [-0.2, 0) is 0 Å². The molecular formula is C102H64N6. The van der Waals surface area contributed by atoms with Crippen molar-refractivity contribution in [1.82, 2.24) is 29.9 Å². The lowest BCUT2D eigenvalue weighted by atomic mass is 9.84. The van der Waals surface area contributed by atoms with E-state index in [1.165, 1.54) is 81.7 Å². The predicted octanol–water partition coefficient (Wildman–Crippen LogP) is 26.6. The van der Waals surface area contributed by atoms with Crippen molar-refractivity contribution in [3.05, 3.63) is 389 Å². The van der Waals surface area contributed by atoms with E-state index < -0.39 is 0 Å². The van der Waals surface area contributed by atoms with Crippen LogP contribution in [0.3, 0.4) is 0 Å². The lowest BCUT2D eigenvalue weighted by Crippen LogP contribution is -1.97. The first-order chi connectivity index (χ1) is 53.5. The fourth-order valence-corrected chi connectivity index (χ4v) is 16.0. The van der Waals surface area contributed by atoms with E-state index >= 15 is 0 Å². The molecule has 0 N–H and O–H groups in total. The second-order valence-corrected chi connectivity index (χ2v) is 27.6. The van der Waals surface area contributed by atoms with Crippen LogP contribution in [0.25, 0.3) is 210 Å². The number of rotatable bonds is 13. The fraction of sp³-hybridized carbons (Fsp3) is 0. The van der Waals surface area contributed by atoms with Crippen LogP contribution in [0.15, 0.2) is 389 Å². The van der Waals surface area contributed by atoms with Crippen LogP contribution in [0, 0.1) is 0 Å². The molecule has 0 aliphatic heterocycles. The Kier molecular flexibility index (Phi) is 15.8. The minimum absolute atomic E-state index is 0.649. The van der Waals surface area contributed by atoms with E-state index in [-0.39, 0.29) is 0 Å². The van der Waals surface area contributed by atoms with Gasteiger partial charge in [0.15, 0.2) is 11.6 Å². The van der Waals surface area contributed by atoms with Crippen molar-refractivity contribution in [3.63, 3.8) is 0 Å². The van der Waals surface area contributed by atoms with Gasteiger partial charge in [-0.05, 0) is 185 Å². The number of fused-ring (bicyclic) bond motifs is 6. The van der Waals surface area contributed by atoms with Gasteiger partial charge < -0.3 is 0 Å². The molecule has 502 valence electrons. The quantitative estimate of drug-likeness (QED) is 0.107. The van der Waals surface area contributed by atoms with Gasteiger partial charge in [0.25, 0.3) is 0 Å². The number of nitrogens with zero attached hydrogens (tertiary/aromatic N) is 6. The Morgan fingerprint density at radius 1 is 0.157 bits per heavy atom. The van der Waals surface area contributed by atoms with E-state index in [1.54, 1.807) is 6.20 Å². The van der Waals surface area contributed by atoms with Gasteiger partial charge in [-0.1, -0.05) is 322 Å². The molecule has 0 aliphatic rings. The highest BCUT2D eigenvalue weighted by Gasteiger charge is 2.22. The standard InChI is InChI=1S/C102H64N6/c1-2-19-69(20-3-1)93-61-94(70-42-36-66(37-43-70)81-24-16-56-103-63-81)106-101(105-93)74-50-48-73(49-51-74)98-87-29-8-6-27-85(87)97(86-28-7-9-30-88(86)98)72-46-40-65(41-47-72)75-52-53-77-59-78(55-54-76(77)58-75)96-62-95(71-44-38-67(39-45-71)82-25-17-57-104-64-82)107-102(108-96)80-23-14-22-79(60-80)99-89-31-10-12-33-91(89)100(92-34-13-11-32-90(92)99)84-35-15-21-68-18-4-5-26-83(68)84/h1-64H. The summed E-state index contributed by atoms with van der Waals surface area (Å²) in [7, 11) is 0. The number of hydrogen-bond donors (Lipinski definition) is 0. The molecule has 0 amide bonds. The molecule has 6 heteroatoms. The Morgan fingerprint density at radius 3 is 0.972 bits per heavy atom. The summed E-state index contributed by atoms with van der Waals surface area (Å²) in [5.74, 6) is 1.32. The normalized spacial score (nSPS) is 11.5. The molecule has 0 atom stereocenters. The first-order valence-electron chi connectivity index (χ1n) is 36.6. The monoisotopic (exact) mass is 1370 g/mol. The summed E-state index contributed by atoms with van der Waals surface area (Å²) in [6, 6.07) is 131. The summed E-state index contributed by atoms with van der Waals surface area (Å²) < 4.78 is 0. The molecule has 6 nitrogen and oxygen atoms in total. The molecule has 0 saturated carbocycles. The van der Waals surface area contributed by atoms with Gasteiger partial charge in [0.1, 0.15) is 0 Å². The summed E-state index contributed by atoms with van der Waals surface area (Å²) in [5.41, 5.74) is 25.4. The fourth-order valence-electron chi connectivity index (χ4n) is 16.0. The molecular weight excluding hydrogens is 1310 g/mol. The molecule has 0 saturated heterocycles. The molecule has 4 heterocycles. The minimum atomic E-state index is 0.649. The summed E-state index contributed by atoms with van der Waals surface area (Å²) in [6.07, 6.45) is 7.40. The Bertz CT molecular complexity index is 6740. The van der Waals surface area contributed by atoms with Crippen LogP contribution in [0.1, 0.15) is 0 Å². The molecule has 0 aliphatic carbocycles. The van der Waals surface area contributed by atoms with Gasteiger partial charge in [-0.25, -0.2) is 19.9 Å². The third-order valence-corrected chi connectivity index (χ3v) is 21.3. The molecule has 0 bridgehead atoms. The SMILES string of the molecule is c1ccc(-c2cc(-c3ccc(-c4cccnc4)cc3)nc(-c3ccc(-c4c5ccccc5c(-c5ccc(-c6ccc7cc(-c8cc(-c9ccc(-c%10cccnc%10)cc9)nc(-c9cccc(-c%10c%11ccccc%11c(-c%11cccc%12ccccc%11%12)c%11ccccc%10%11)c9)n8)ccc7c6)cc5)c5ccccc45)cc3)n2)cc1. The van der Waals surface area contributed by atoms with Gasteiger partial charge in [0, 0.05) is 58.2 Å². The molecule has 0 radical (unpaired) electrons. The van der Waals surface area contributed by atoms with Gasteiger partial charge in [-0.2, -0.15) is 0 Å². The van der Waals surface area contributed by atoms with Crippen molar-refractivity contribution >= 4 is 64.6 Å². The number of aromatic nitrogens is 6. The first-order valence-corrected chi connectivity index (χ1v) is 36.6. The third-order valence-electron chi connectivity index (χ3n) is 21.3. The summed E-state index contributed by atoms with van der Waals surface area (Å²) in [5, 5.41) is 14.3. The molecule has 108 heavy (non-hydrogen) atoms. The summed E-state index contributed by atoms with van der Waals surface area (Å²) in [4.78, 5) is 30.1. The van der Waals surface area contributed by atoms with Crippen molar-refractivity contribution in [2.24, 2.45) is 0 Å². The van der Waals surface area contributed by atoms with Crippen molar-refractivity contribution < 1.29 is 0 Å². The predicted molar refractivity (Wildman–Crippen MR) is 449 cm³/mol. The molecule has 4 aromatic heterocycles. The van der Waals surface area contributed by atoms with Crippen LogP contribution in [0.4, 0.5) is 0 Å². The second-order valence-electron chi connectivity index (χ2n) is 27.6. The van der Waals surface area contributed by atoms with Gasteiger partial charge in [0.05, 0.1) is 22.8 Å². The molecule has 0 fully saturated rings. The number of benzene rings is 16. The third kappa shape index (κ3) is 11.6. The molecule has 0 unspecified atom stereocenters. The van der Waals surface area contributed by atoms with E-state index in [0.29, 0.717) is 11.6 Å². The maximum Gasteiger partial charge on any atom is 0.160 e. The summed E-state index contributed by atoms with van der Waals surface area (Å²) >= 11 is 0. The smallest absolute Gasteiger partial charge is 0.160 e. The Morgan fingerprint density at radius 2 is 0.481 bits per heavy atom. The Hall–Kier alpha value is -14.5. The van der Waals surface area contributed by atoms with Crippen LogP contribution in [0.5, 0.6) is 0 Å². The van der Waals surface area contributed by atoms with E-state index in [9.17, 15) is 0 Å². The molecule has 16 aromatic carbocycles. The van der Waals surface area contributed by atoms with Crippen LogP contribution in [-0.4, -0.2) is 29.9 Å². The second kappa shape index (κ2) is 27.0. The maximum absolute atomic E-state index is 5.49. The zero-order valence-corrected chi connectivity index (χ0v) is 58.6. The van der Waals surface area contributed by atoms with E-state index in [1.807, 2.05) is 36.8 Å². The molecule has 20 rings (SSSR count). The maximum atomic E-state index is 5.49. The minimum Gasteiger partial charge on any atom is -0.264 e. The van der Waals surface area contributed by atoms with Gasteiger partial charge >= 0.3 is 0 Å². The highest BCUT2D eigenvalue weighted by atomic mass is 14.9. The Labute approximate surface area is 625 Å². The largest absolute Gasteiger partial charge is 0.264 e. The van der Waals surface area contributed by atoms with Crippen LogP contribution < -0.4 is 0 Å². The average Bonchev–Trinajstić information content (AvgIpc) is 0.738. The first kappa shape index (κ1) is 63.2. The molecule has 20 aromatic rings. The number of hydrogen-bond acceptors (Lipinski definition) is 6. The lowest BCUT2D eigenvalue weighted by Gasteiger charge is -2.19. The highest BCUT2D eigenvalue weighted by molar-refractivity contribution is 6.24. The van der Waals surface area contributed by atoms with Crippen molar-refractivity contribution in [2.75, 3.05) is 0 Å². The zero-order chi connectivity index (χ0) is 71.4. The topological polar surface area (TPSA) is 77.3 Å². The Balaban J connectivity index is 0.626. The van der Waals surface area contributed by atoms with Crippen LogP contribution >= 0.6 is 0 Å². The summed E-state index contributed by atoms with van der Waals surface area (Å²) in [6.45, 7) is 0. The van der Waals surface area contributed by atoms with E-state index in [0.717, 1.165) is 117 Å². The number of pyridine rings is 2. The average molecular weight is 1370 g/mol. The van der Waals surface area contributed by atoms with Gasteiger partial charge in [-0.3, -0.25) is 9.97 Å². The van der Waals surface area contributed by atoms with E-state index in [4.69, 9.17) is 19.9 Å². The zero-order valence-electron chi connectivity index (χ0n) is 58.6. The molecule has 0 spiro atoms.